The number of hydrogen-bond acceptors (Lipinski definition) is 4. The predicted octanol–water partition coefficient (Wildman–Crippen LogP) is 2.86. The van der Waals surface area contributed by atoms with Gasteiger partial charge in [0.15, 0.2) is 5.78 Å². The van der Waals surface area contributed by atoms with E-state index in [1.165, 1.54) is 17.8 Å². The molecular formula is C22H24FN3O. The summed E-state index contributed by atoms with van der Waals surface area (Å²) in [7, 11) is 0. The summed E-state index contributed by atoms with van der Waals surface area (Å²) in [5.74, 6) is -0.278. The molecule has 4 rings (SSSR count). The minimum atomic E-state index is -0.287. The van der Waals surface area contributed by atoms with Gasteiger partial charge in [0.25, 0.3) is 0 Å². The first kappa shape index (κ1) is 17.7. The molecule has 0 spiro atoms. The lowest BCUT2D eigenvalue weighted by atomic mass is 10.1. The quantitative estimate of drug-likeness (QED) is 0.653. The summed E-state index contributed by atoms with van der Waals surface area (Å²) < 4.78 is 13.3. The van der Waals surface area contributed by atoms with Crippen LogP contribution in [0.25, 0.3) is 0 Å². The van der Waals surface area contributed by atoms with Crippen molar-refractivity contribution in [2.24, 2.45) is 0 Å². The van der Waals surface area contributed by atoms with Crippen LogP contribution in [0.15, 0.2) is 60.3 Å². The third-order valence-corrected chi connectivity index (χ3v) is 5.33. The Balaban J connectivity index is 1.22. The fraction of sp³-hybridized carbons (Fsp3) is 0.318. The minimum absolute atomic E-state index is 0.00831. The third-order valence-electron chi connectivity index (χ3n) is 5.33. The van der Waals surface area contributed by atoms with E-state index in [9.17, 15) is 9.18 Å². The monoisotopic (exact) mass is 365 g/mol. The Morgan fingerprint density at radius 2 is 1.81 bits per heavy atom. The van der Waals surface area contributed by atoms with Crippen LogP contribution < -0.4 is 10.2 Å². The van der Waals surface area contributed by atoms with E-state index in [4.69, 9.17) is 0 Å². The number of carbonyl (C=O) groups is 1. The normalized spacial score (nSPS) is 18.8. The van der Waals surface area contributed by atoms with Gasteiger partial charge in [-0.05, 0) is 35.9 Å². The number of fused-ring (bicyclic) bond motifs is 1. The first-order valence-corrected chi connectivity index (χ1v) is 9.48. The molecule has 0 amide bonds. The lowest BCUT2D eigenvalue weighted by Gasteiger charge is -2.36. The number of anilines is 1. The van der Waals surface area contributed by atoms with Crippen LogP contribution in [0.2, 0.25) is 0 Å². The fourth-order valence-electron chi connectivity index (χ4n) is 3.79. The third kappa shape index (κ3) is 4.03. The molecule has 1 fully saturated rings. The number of nitrogens with one attached hydrogen (secondary N) is 1. The van der Waals surface area contributed by atoms with Crippen LogP contribution in [-0.4, -0.2) is 50.0 Å². The number of piperazine rings is 1. The molecule has 0 saturated carbocycles. The summed E-state index contributed by atoms with van der Waals surface area (Å²) in [6, 6.07) is 14.9. The van der Waals surface area contributed by atoms with Crippen LogP contribution in [0.3, 0.4) is 0 Å². The van der Waals surface area contributed by atoms with Gasteiger partial charge in [0.2, 0.25) is 0 Å². The molecule has 27 heavy (non-hydrogen) atoms. The van der Waals surface area contributed by atoms with Gasteiger partial charge in [-0.2, -0.15) is 0 Å². The molecule has 1 N–H and O–H groups in total. The second-order valence-corrected chi connectivity index (χ2v) is 7.10. The molecule has 0 unspecified atom stereocenters. The molecule has 1 aliphatic carbocycles. The van der Waals surface area contributed by atoms with Gasteiger partial charge in [0, 0.05) is 68.7 Å². The van der Waals surface area contributed by atoms with Gasteiger partial charge in [0.1, 0.15) is 5.82 Å². The van der Waals surface area contributed by atoms with E-state index >= 15 is 0 Å². The van der Waals surface area contributed by atoms with Crippen molar-refractivity contribution < 1.29 is 9.18 Å². The van der Waals surface area contributed by atoms with Crippen LogP contribution in [0.1, 0.15) is 15.9 Å². The van der Waals surface area contributed by atoms with Crippen LogP contribution in [0.5, 0.6) is 0 Å². The molecule has 4 nitrogen and oxygen atoms in total. The first-order chi connectivity index (χ1) is 13.2. The number of ketones is 1. The second-order valence-electron chi connectivity index (χ2n) is 7.10. The maximum Gasteiger partial charge on any atom is 0.191 e. The molecule has 2 aromatic rings. The van der Waals surface area contributed by atoms with Crippen molar-refractivity contribution in [3.05, 3.63) is 77.2 Å². The van der Waals surface area contributed by atoms with Gasteiger partial charge < -0.3 is 10.2 Å². The van der Waals surface area contributed by atoms with Gasteiger partial charge in [-0.1, -0.05) is 18.2 Å². The van der Waals surface area contributed by atoms with Crippen LogP contribution in [0, 0.1) is 5.82 Å². The molecule has 0 radical (unpaired) electrons. The molecule has 0 atom stereocenters. The molecule has 1 saturated heterocycles. The molecule has 0 aromatic heterocycles. The van der Waals surface area contributed by atoms with Crippen LogP contribution in [-0.2, 0) is 6.42 Å². The van der Waals surface area contributed by atoms with Crippen molar-refractivity contribution in [3.63, 3.8) is 0 Å². The summed E-state index contributed by atoms with van der Waals surface area (Å²) in [5, 5.41) is 3.27. The van der Waals surface area contributed by atoms with Crippen molar-refractivity contribution in [3.8, 4) is 0 Å². The second kappa shape index (κ2) is 7.92. The highest BCUT2D eigenvalue weighted by atomic mass is 19.1. The number of allylic oxidation sites excluding steroid dienone is 1. The van der Waals surface area contributed by atoms with Crippen molar-refractivity contribution in [2.45, 2.75) is 6.42 Å². The smallest absolute Gasteiger partial charge is 0.191 e. The summed E-state index contributed by atoms with van der Waals surface area (Å²) in [6.07, 6.45) is 2.31. The van der Waals surface area contributed by atoms with E-state index in [2.05, 4.69) is 39.4 Å². The number of carbonyl (C=O) groups excluding carboxylic acids is 1. The van der Waals surface area contributed by atoms with E-state index in [1.54, 1.807) is 12.3 Å². The zero-order valence-electron chi connectivity index (χ0n) is 15.3. The number of rotatable bonds is 5. The number of para-hydroxylation sites is 1. The lowest BCUT2D eigenvalue weighted by Crippen LogP contribution is -2.47. The first-order valence-electron chi connectivity index (χ1n) is 9.48. The van der Waals surface area contributed by atoms with E-state index in [0.717, 1.165) is 44.8 Å². The maximum absolute atomic E-state index is 13.3. The Morgan fingerprint density at radius 1 is 1.04 bits per heavy atom. The number of hydrogen-bond donors (Lipinski definition) is 1. The zero-order valence-corrected chi connectivity index (χ0v) is 15.3. The lowest BCUT2D eigenvalue weighted by molar-refractivity contribution is 0.103. The highest BCUT2D eigenvalue weighted by Gasteiger charge is 2.25. The van der Waals surface area contributed by atoms with Crippen molar-refractivity contribution in [1.82, 2.24) is 10.2 Å². The van der Waals surface area contributed by atoms with Gasteiger partial charge in [-0.3, -0.25) is 9.69 Å². The van der Waals surface area contributed by atoms with Crippen LogP contribution >= 0.6 is 0 Å². The van der Waals surface area contributed by atoms with Gasteiger partial charge in [-0.25, -0.2) is 4.39 Å². The summed E-state index contributed by atoms with van der Waals surface area (Å²) in [5.41, 5.74) is 3.41. The zero-order chi connectivity index (χ0) is 18.6. The predicted molar refractivity (Wildman–Crippen MR) is 106 cm³/mol. The topological polar surface area (TPSA) is 35.6 Å². The number of nitrogens with zero attached hydrogens (tertiary/aromatic N) is 2. The summed E-state index contributed by atoms with van der Waals surface area (Å²) in [6.45, 7) is 5.89. The van der Waals surface area contributed by atoms with Crippen molar-refractivity contribution >= 4 is 11.5 Å². The number of Topliss-reactive ketones (excluding diaryl/α,β-unsaturated/α-hetero) is 1. The maximum atomic E-state index is 13.3. The molecule has 2 aliphatic rings. The minimum Gasteiger partial charge on any atom is -0.389 e. The summed E-state index contributed by atoms with van der Waals surface area (Å²) in [4.78, 5) is 17.2. The Bertz CT molecular complexity index is 842. The number of benzene rings is 2. The Morgan fingerprint density at radius 3 is 2.59 bits per heavy atom. The molecule has 1 aliphatic heterocycles. The fourth-order valence-corrected chi connectivity index (χ4v) is 3.79. The largest absolute Gasteiger partial charge is 0.389 e. The number of halogens is 1. The highest BCUT2D eigenvalue weighted by molar-refractivity contribution is 6.13. The Labute approximate surface area is 159 Å². The van der Waals surface area contributed by atoms with E-state index < -0.39 is 0 Å². The molecule has 2 aromatic carbocycles. The van der Waals surface area contributed by atoms with Gasteiger partial charge >= 0.3 is 0 Å². The molecule has 140 valence electrons. The molecule has 5 heteroatoms. The van der Waals surface area contributed by atoms with Gasteiger partial charge in [0.05, 0.1) is 0 Å². The molecule has 0 bridgehead atoms. The molecule has 1 heterocycles. The average Bonchev–Trinajstić information content (AvgIpc) is 3.01. The van der Waals surface area contributed by atoms with Crippen molar-refractivity contribution in [1.29, 1.82) is 0 Å². The highest BCUT2D eigenvalue weighted by Crippen LogP contribution is 2.26. The summed E-state index contributed by atoms with van der Waals surface area (Å²) >= 11 is 0. The van der Waals surface area contributed by atoms with Crippen LogP contribution in [0.4, 0.5) is 10.1 Å². The van der Waals surface area contributed by atoms with E-state index in [1.807, 2.05) is 6.07 Å². The van der Waals surface area contributed by atoms with Gasteiger partial charge in [-0.15, -0.1) is 0 Å². The van der Waals surface area contributed by atoms with E-state index in [-0.39, 0.29) is 11.6 Å². The SMILES string of the molecule is O=C1/C(=C/NCCN2CCN(c3ccccc3)CC2)Cc2cc(F)ccc21. The molecular weight excluding hydrogens is 341 g/mol. The Kier molecular flexibility index (Phi) is 5.21. The average molecular weight is 365 g/mol. The Hall–Kier alpha value is -2.66. The van der Waals surface area contributed by atoms with E-state index in [0.29, 0.717) is 17.6 Å². The van der Waals surface area contributed by atoms with Crippen molar-refractivity contribution in [2.75, 3.05) is 44.2 Å². The standard InChI is InChI=1S/C22H24FN3O/c23-19-6-7-21-17(15-19)14-18(22(21)27)16-24-8-9-25-10-12-26(13-11-25)20-4-2-1-3-5-20/h1-7,15-16,24H,8-14H2/b18-16+.